The van der Waals surface area contributed by atoms with Crippen LogP contribution in [0.5, 0.6) is 0 Å². The van der Waals surface area contributed by atoms with E-state index in [4.69, 9.17) is 0 Å². The molecule has 0 radical (unpaired) electrons. The zero-order chi connectivity index (χ0) is 18.4. The number of hydrogen-bond acceptors (Lipinski definition) is 0. The van der Waals surface area contributed by atoms with E-state index in [9.17, 15) is 0 Å². The minimum Gasteiger partial charge on any atom is -0.312 e. The van der Waals surface area contributed by atoms with Gasteiger partial charge in [-0.15, -0.1) is 0 Å². The van der Waals surface area contributed by atoms with Gasteiger partial charge in [0.2, 0.25) is 0 Å². The second-order valence-corrected chi connectivity index (χ2v) is 8.57. The smallest absolute Gasteiger partial charge is 0.0595 e. The predicted molar refractivity (Wildman–Crippen MR) is 124 cm³/mol. The lowest BCUT2D eigenvalue weighted by Crippen LogP contribution is -2.12. The van der Waals surface area contributed by atoms with Gasteiger partial charge in [0.1, 0.15) is 0 Å². The lowest BCUT2D eigenvalue weighted by molar-refractivity contribution is 0.632. The van der Waals surface area contributed by atoms with Crippen LogP contribution in [0.15, 0.2) is 72.8 Å². The molecule has 0 bridgehead atoms. The van der Waals surface area contributed by atoms with Gasteiger partial charge in [-0.05, 0) is 59.0 Å². The molecule has 1 aromatic heterocycles. The van der Waals surface area contributed by atoms with Crippen LogP contribution in [-0.2, 0) is 6.42 Å². The molecule has 1 nitrogen and oxygen atoms in total. The Bertz CT molecular complexity index is 1110. The van der Waals surface area contributed by atoms with E-state index < -0.39 is 0 Å². The summed E-state index contributed by atoms with van der Waals surface area (Å²) in [6, 6.07) is 15.6. The first kappa shape index (κ1) is 17.1. The van der Waals surface area contributed by atoms with Crippen LogP contribution in [0, 0.1) is 9.49 Å². The van der Waals surface area contributed by atoms with Gasteiger partial charge < -0.3 is 4.57 Å². The molecule has 0 amide bonds. The van der Waals surface area contributed by atoms with E-state index in [0.29, 0.717) is 11.8 Å². The molecule has 27 heavy (non-hydrogen) atoms. The second kappa shape index (κ2) is 6.83. The summed E-state index contributed by atoms with van der Waals surface area (Å²) in [5, 5.41) is 1.36. The van der Waals surface area contributed by atoms with E-state index in [1.807, 2.05) is 0 Å². The summed E-state index contributed by atoms with van der Waals surface area (Å²) in [6.07, 6.45) is 15.8. The zero-order valence-corrected chi connectivity index (χ0v) is 17.6. The van der Waals surface area contributed by atoms with Crippen molar-refractivity contribution in [1.82, 2.24) is 4.57 Å². The van der Waals surface area contributed by atoms with Crippen LogP contribution in [-0.4, -0.2) is 4.57 Å². The molecule has 0 saturated carbocycles. The molecule has 2 aromatic carbocycles. The number of benzene rings is 2. The average Bonchev–Trinajstić information content (AvgIpc) is 3.04. The molecule has 2 unspecified atom stereocenters. The lowest BCUT2D eigenvalue weighted by Gasteiger charge is -2.24. The molecule has 2 aliphatic carbocycles. The number of nitrogens with zero attached hydrogens (tertiary/aromatic N) is 1. The van der Waals surface area contributed by atoms with E-state index in [-0.39, 0.29) is 0 Å². The number of rotatable bonds is 2. The maximum atomic E-state index is 2.57. The van der Waals surface area contributed by atoms with Crippen molar-refractivity contribution < 1.29 is 0 Å². The van der Waals surface area contributed by atoms with E-state index in [1.165, 1.54) is 37.0 Å². The molecule has 0 N–H and O–H groups in total. The van der Waals surface area contributed by atoms with E-state index in [0.717, 1.165) is 12.8 Å². The van der Waals surface area contributed by atoms with Crippen molar-refractivity contribution in [3.8, 4) is 5.69 Å². The molecule has 2 aliphatic rings. The summed E-state index contributed by atoms with van der Waals surface area (Å²) in [5.41, 5.74) is 6.90. The molecular weight excluding hydrogens is 441 g/mol. The average molecular weight is 463 g/mol. The fourth-order valence-electron chi connectivity index (χ4n) is 4.52. The van der Waals surface area contributed by atoms with Crippen LogP contribution in [0.4, 0.5) is 0 Å². The monoisotopic (exact) mass is 463 g/mol. The van der Waals surface area contributed by atoms with Crippen LogP contribution in [0.3, 0.4) is 0 Å². The first-order chi connectivity index (χ1) is 13.3. The Morgan fingerprint density at radius 2 is 1.85 bits per heavy atom. The second-order valence-electron chi connectivity index (χ2n) is 7.49. The molecular formula is C25H22IN. The standard InChI is InChI=1S/C25H22IN/c1-17-9-2-3-10-18(17)21-13-8-16-24(25(21)26)27-22-14-6-4-11-19(22)20-12-5-7-15-23(20)27/h2-6,8-14,16-18H,7,15H2,1H3. The van der Waals surface area contributed by atoms with Crippen LogP contribution in [0.1, 0.15) is 36.1 Å². The molecule has 134 valence electrons. The van der Waals surface area contributed by atoms with Crippen LogP contribution < -0.4 is 0 Å². The third-order valence-corrected chi connectivity index (χ3v) is 7.04. The Balaban J connectivity index is 1.75. The number of para-hydroxylation sites is 1. The van der Waals surface area contributed by atoms with Gasteiger partial charge in [0.15, 0.2) is 0 Å². The number of aromatic nitrogens is 1. The fraction of sp³-hybridized carbons (Fsp3) is 0.200. The topological polar surface area (TPSA) is 4.93 Å². The van der Waals surface area contributed by atoms with Gasteiger partial charge >= 0.3 is 0 Å². The van der Waals surface area contributed by atoms with Gasteiger partial charge in [-0.25, -0.2) is 0 Å². The molecule has 3 aromatic rings. The molecule has 2 atom stereocenters. The van der Waals surface area contributed by atoms with Crippen molar-refractivity contribution in [3.05, 3.63) is 93.2 Å². The molecule has 0 saturated heterocycles. The van der Waals surface area contributed by atoms with E-state index >= 15 is 0 Å². The van der Waals surface area contributed by atoms with Crippen molar-refractivity contribution in [1.29, 1.82) is 0 Å². The molecule has 1 heterocycles. The van der Waals surface area contributed by atoms with Gasteiger partial charge in [0.05, 0.1) is 11.2 Å². The number of hydrogen-bond donors (Lipinski definition) is 0. The summed E-state index contributed by atoms with van der Waals surface area (Å²) in [4.78, 5) is 0. The summed E-state index contributed by atoms with van der Waals surface area (Å²) in [7, 11) is 0. The number of allylic oxidation sites excluding steroid dienone is 5. The maximum absolute atomic E-state index is 2.57. The first-order valence-electron chi connectivity index (χ1n) is 9.68. The zero-order valence-electron chi connectivity index (χ0n) is 15.4. The highest BCUT2D eigenvalue weighted by Gasteiger charge is 2.23. The van der Waals surface area contributed by atoms with Crippen molar-refractivity contribution in [2.75, 3.05) is 0 Å². The Morgan fingerprint density at radius 1 is 1.00 bits per heavy atom. The molecule has 0 fully saturated rings. The summed E-state index contributed by atoms with van der Waals surface area (Å²) >= 11 is 2.57. The SMILES string of the molecule is CC1C=CC=CC1c1cccc(-n2c3c(c4ccccc42)C=CCC3)c1I. The molecule has 5 rings (SSSR count). The lowest BCUT2D eigenvalue weighted by atomic mass is 9.84. The van der Waals surface area contributed by atoms with Crippen LogP contribution in [0.2, 0.25) is 0 Å². The van der Waals surface area contributed by atoms with Crippen molar-refractivity contribution in [2.24, 2.45) is 5.92 Å². The summed E-state index contributed by atoms with van der Waals surface area (Å²) in [5.74, 6) is 0.969. The highest BCUT2D eigenvalue weighted by atomic mass is 127. The Kier molecular flexibility index (Phi) is 4.31. The first-order valence-corrected chi connectivity index (χ1v) is 10.8. The minimum atomic E-state index is 0.444. The predicted octanol–water partition coefficient (Wildman–Crippen LogP) is 7.04. The Morgan fingerprint density at radius 3 is 2.74 bits per heavy atom. The van der Waals surface area contributed by atoms with Gasteiger partial charge in [-0.1, -0.05) is 73.7 Å². The van der Waals surface area contributed by atoms with Crippen molar-refractivity contribution in [3.63, 3.8) is 0 Å². The highest BCUT2D eigenvalue weighted by Crippen LogP contribution is 2.39. The van der Waals surface area contributed by atoms with E-state index in [2.05, 4.69) is 113 Å². The third-order valence-electron chi connectivity index (χ3n) is 5.87. The number of halogens is 1. The normalized spacial score (nSPS) is 21.0. The minimum absolute atomic E-state index is 0.444. The summed E-state index contributed by atoms with van der Waals surface area (Å²) in [6.45, 7) is 2.31. The fourth-order valence-corrected chi connectivity index (χ4v) is 5.48. The molecule has 0 aliphatic heterocycles. The largest absolute Gasteiger partial charge is 0.312 e. The quantitative estimate of drug-likeness (QED) is 0.359. The Hall–Kier alpha value is -2.07. The molecule has 2 heteroatoms. The van der Waals surface area contributed by atoms with Crippen LogP contribution >= 0.6 is 22.6 Å². The Labute approximate surface area is 174 Å². The number of fused-ring (bicyclic) bond motifs is 3. The van der Waals surface area contributed by atoms with Crippen LogP contribution in [0.25, 0.3) is 22.7 Å². The highest BCUT2D eigenvalue weighted by molar-refractivity contribution is 14.1. The van der Waals surface area contributed by atoms with E-state index in [1.54, 1.807) is 0 Å². The van der Waals surface area contributed by atoms with Gasteiger partial charge in [0.25, 0.3) is 0 Å². The van der Waals surface area contributed by atoms with Gasteiger partial charge in [-0.3, -0.25) is 0 Å². The summed E-state index contributed by atoms with van der Waals surface area (Å²) < 4.78 is 3.87. The van der Waals surface area contributed by atoms with Crippen molar-refractivity contribution in [2.45, 2.75) is 25.7 Å². The van der Waals surface area contributed by atoms with Crippen molar-refractivity contribution >= 4 is 39.6 Å². The third kappa shape index (κ3) is 2.73. The van der Waals surface area contributed by atoms with Gasteiger partial charge in [0, 0.05) is 26.1 Å². The molecule has 0 spiro atoms. The van der Waals surface area contributed by atoms with Gasteiger partial charge in [-0.2, -0.15) is 0 Å². The maximum Gasteiger partial charge on any atom is 0.0595 e.